The van der Waals surface area contributed by atoms with E-state index in [2.05, 4.69) is 48.1 Å². The number of fused-ring (bicyclic) bond motifs is 1. The molecule has 0 aliphatic carbocycles. The molecule has 32 heavy (non-hydrogen) atoms. The van der Waals surface area contributed by atoms with Gasteiger partial charge in [-0.15, -0.1) is 0 Å². The third-order valence-corrected chi connectivity index (χ3v) is 6.65. The SMILES string of the molecule is CC1(C)CC(N2CCc3cc(-c4ccc(-c5cn[nH]c5)c(F)c4F)cnc32)CC(C)(C)N1. The summed E-state index contributed by atoms with van der Waals surface area (Å²) < 4.78 is 29.8. The predicted octanol–water partition coefficient (Wildman–Crippen LogP) is 5.09. The van der Waals surface area contributed by atoms with E-state index in [-0.39, 0.29) is 22.2 Å². The van der Waals surface area contributed by atoms with Crippen LogP contribution in [0.25, 0.3) is 22.3 Å². The summed E-state index contributed by atoms with van der Waals surface area (Å²) in [6.07, 6.45) is 7.63. The molecule has 2 N–H and O–H groups in total. The maximum Gasteiger partial charge on any atom is 0.167 e. The van der Waals surface area contributed by atoms with Crippen molar-refractivity contribution in [2.24, 2.45) is 0 Å². The fourth-order valence-corrected chi connectivity index (χ4v) is 5.68. The second-order valence-corrected chi connectivity index (χ2v) is 10.4. The zero-order chi connectivity index (χ0) is 22.7. The van der Waals surface area contributed by atoms with Gasteiger partial charge in [0.15, 0.2) is 11.6 Å². The molecule has 3 aromatic rings. The van der Waals surface area contributed by atoms with Crippen LogP contribution in [0.1, 0.15) is 46.1 Å². The zero-order valence-corrected chi connectivity index (χ0v) is 19.0. The standard InChI is InChI=1S/C25H29F2N5/c1-24(2)10-18(11-25(3,4)31-24)32-8-7-15-9-16(12-28-23(15)32)19-5-6-20(22(27)21(19)26)17-13-29-30-14-17/h5-6,9,12-14,18,31H,7-8,10-11H2,1-4H3,(H,29,30). The van der Waals surface area contributed by atoms with Gasteiger partial charge < -0.3 is 10.2 Å². The number of benzene rings is 1. The second-order valence-electron chi connectivity index (χ2n) is 10.4. The Labute approximate surface area is 187 Å². The fourth-order valence-electron chi connectivity index (χ4n) is 5.68. The van der Waals surface area contributed by atoms with E-state index in [1.165, 1.54) is 6.20 Å². The van der Waals surface area contributed by atoms with Gasteiger partial charge in [0.2, 0.25) is 0 Å². The van der Waals surface area contributed by atoms with Gasteiger partial charge in [-0.1, -0.05) is 12.1 Å². The number of hydrogen-bond donors (Lipinski definition) is 2. The fraction of sp³-hybridized carbons (Fsp3) is 0.440. The molecule has 2 aliphatic heterocycles. The molecule has 1 fully saturated rings. The van der Waals surface area contributed by atoms with Crippen LogP contribution in [-0.2, 0) is 6.42 Å². The Hall–Kier alpha value is -2.80. The molecule has 0 amide bonds. The van der Waals surface area contributed by atoms with Crippen LogP contribution in [0.15, 0.2) is 36.8 Å². The van der Waals surface area contributed by atoms with E-state index >= 15 is 0 Å². The Kier molecular flexibility index (Phi) is 4.85. The first-order chi connectivity index (χ1) is 15.1. The summed E-state index contributed by atoms with van der Waals surface area (Å²) in [5.41, 5.74) is 2.73. The van der Waals surface area contributed by atoms with Crippen LogP contribution in [0.5, 0.6) is 0 Å². The van der Waals surface area contributed by atoms with Crippen LogP contribution < -0.4 is 10.2 Å². The topological polar surface area (TPSA) is 56.8 Å². The van der Waals surface area contributed by atoms with Crippen molar-refractivity contribution in [3.05, 3.63) is 54.0 Å². The Balaban J connectivity index is 1.45. The first-order valence-corrected chi connectivity index (χ1v) is 11.2. The average Bonchev–Trinajstić information content (AvgIpc) is 3.37. The van der Waals surface area contributed by atoms with Crippen molar-refractivity contribution in [1.29, 1.82) is 0 Å². The van der Waals surface area contributed by atoms with Crippen molar-refractivity contribution in [2.45, 2.75) is 64.1 Å². The molecule has 0 saturated carbocycles. The van der Waals surface area contributed by atoms with Gasteiger partial charge in [-0.3, -0.25) is 5.10 Å². The van der Waals surface area contributed by atoms with Gasteiger partial charge in [-0.2, -0.15) is 5.10 Å². The monoisotopic (exact) mass is 437 g/mol. The zero-order valence-electron chi connectivity index (χ0n) is 19.0. The molecule has 0 atom stereocenters. The number of anilines is 1. The molecule has 1 aromatic carbocycles. The van der Waals surface area contributed by atoms with Crippen molar-refractivity contribution in [3.63, 3.8) is 0 Å². The number of aromatic nitrogens is 3. The minimum Gasteiger partial charge on any atom is -0.353 e. The molecular formula is C25H29F2N5. The maximum absolute atomic E-state index is 15.0. The van der Waals surface area contributed by atoms with Crippen LogP contribution in [0.4, 0.5) is 14.6 Å². The van der Waals surface area contributed by atoms with Gasteiger partial charge in [0.25, 0.3) is 0 Å². The van der Waals surface area contributed by atoms with Crippen molar-refractivity contribution in [1.82, 2.24) is 20.5 Å². The molecule has 0 spiro atoms. The van der Waals surface area contributed by atoms with Crippen molar-refractivity contribution in [3.8, 4) is 22.3 Å². The number of hydrogen-bond acceptors (Lipinski definition) is 4. The largest absolute Gasteiger partial charge is 0.353 e. The summed E-state index contributed by atoms with van der Waals surface area (Å²) in [6.45, 7) is 9.90. The van der Waals surface area contributed by atoms with Crippen molar-refractivity contribution >= 4 is 5.82 Å². The van der Waals surface area contributed by atoms with Crippen molar-refractivity contribution < 1.29 is 8.78 Å². The van der Waals surface area contributed by atoms with Gasteiger partial charge in [-0.05, 0) is 58.6 Å². The quantitative estimate of drug-likeness (QED) is 0.599. The Morgan fingerprint density at radius 2 is 1.62 bits per heavy atom. The number of nitrogens with one attached hydrogen (secondary N) is 2. The van der Waals surface area contributed by atoms with Gasteiger partial charge in [0.1, 0.15) is 5.82 Å². The lowest BCUT2D eigenvalue weighted by Gasteiger charge is -2.49. The summed E-state index contributed by atoms with van der Waals surface area (Å²) >= 11 is 0. The van der Waals surface area contributed by atoms with Crippen LogP contribution >= 0.6 is 0 Å². The normalized spacial score (nSPS) is 19.9. The van der Waals surface area contributed by atoms with E-state index in [9.17, 15) is 8.78 Å². The van der Waals surface area contributed by atoms with E-state index in [4.69, 9.17) is 4.98 Å². The molecule has 1 saturated heterocycles. The lowest BCUT2D eigenvalue weighted by Crippen LogP contribution is -2.62. The number of nitrogens with zero attached hydrogens (tertiary/aromatic N) is 3. The summed E-state index contributed by atoms with van der Waals surface area (Å²) in [5.74, 6) is -0.754. The molecule has 2 aliphatic rings. The van der Waals surface area contributed by atoms with E-state index in [1.54, 1.807) is 24.5 Å². The molecule has 2 aromatic heterocycles. The number of aromatic amines is 1. The number of rotatable bonds is 3. The van der Waals surface area contributed by atoms with Gasteiger partial charge >= 0.3 is 0 Å². The average molecular weight is 438 g/mol. The van der Waals surface area contributed by atoms with Crippen LogP contribution in [0.2, 0.25) is 0 Å². The first-order valence-electron chi connectivity index (χ1n) is 11.2. The summed E-state index contributed by atoms with van der Waals surface area (Å²) in [4.78, 5) is 7.14. The summed E-state index contributed by atoms with van der Waals surface area (Å²) in [5, 5.41) is 10.2. The molecule has 0 radical (unpaired) electrons. The third kappa shape index (κ3) is 3.68. The molecule has 4 heterocycles. The summed E-state index contributed by atoms with van der Waals surface area (Å²) in [7, 11) is 0. The molecule has 5 rings (SSSR count). The maximum atomic E-state index is 15.0. The summed E-state index contributed by atoms with van der Waals surface area (Å²) in [6, 6.07) is 5.57. The number of piperidine rings is 1. The van der Waals surface area contributed by atoms with Crippen molar-refractivity contribution in [2.75, 3.05) is 11.4 Å². The Morgan fingerprint density at radius 3 is 2.25 bits per heavy atom. The second kappa shape index (κ2) is 7.37. The van der Waals surface area contributed by atoms with Gasteiger partial charge in [0.05, 0.1) is 6.20 Å². The van der Waals surface area contributed by atoms with E-state index in [0.29, 0.717) is 17.2 Å². The Bertz CT molecular complexity index is 1140. The molecule has 5 nitrogen and oxygen atoms in total. The highest BCUT2D eigenvalue weighted by atomic mass is 19.2. The Morgan fingerprint density at radius 1 is 0.969 bits per heavy atom. The van der Waals surface area contributed by atoms with E-state index < -0.39 is 11.6 Å². The molecule has 0 unspecified atom stereocenters. The van der Waals surface area contributed by atoms with Gasteiger partial charge in [-0.25, -0.2) is 13.8 Å². The highest BCUT2D eigenvalue weighted by Crippen LogP contribution is 2.39. The number of halogens is 2. The minimum atomic E-state index is -0.870. The van der Waals surface area contributed by atoms with Crippen LogP contribution in [-0.4, -0.2) is 38.8 Å². The predicted molar refractivity (Wildman–Crippen MR) is 123 cm³/mol. The number of H-pyrrole nitrogens is 1. The van der Waals surface area contributed by atoms with Gasteiger partial charge in [0, 0.05) is 58.3 Å². The highest BCUT2D eigenvalue weighted by Gasteiger charge is 2.41. The first kappa shape index (κ1) is 21.1. The lowest BCUT2D eigenvalue weighted by atomic mass is 9.79. The van der Waals surface area contributed by atoms with Crippen LogP contribution in [0, 0.1) is 11.6 Å². The third-order valence-electron chi connectivity index (χ3n) is 6.65. The smallest absolute Gasteiger partial charge is 0.167 e. The van der Waals surface area contributed by atoms with E-state index in [0.717, 1.165) is 37.2 Å². The highest BCUT2D eigenvalue weighted by molar-refractivity contribution is 5.72. The van der Waals surface area contributed by atoms with Crippen LogP contribution in [0.3, 0.4) is 0 Å². The lowest BCUT2D eigenvalue weighted by molar-refractivity contribution is 0.159. The van der Waals surface area contributed by atoms with E-state index in [1.807, 2.05) is 6.07 Å². The molecule has 7 heteroatoms. The molecule has 0 bridgehead atoms. The molecule has 168 valence electrons. The number of pyridine rings is 1. The molecular weight excluding hydrogens is 408 g/mol. The minimum absolute atomic E-state index is 0.0481.